The molecule has 2 bridgehead atoms. The van der Waals surface area contributed by atoms with Gasteiger partial charge in [-0.25, -0.2) is 0 Å². The van der Waals surface area contributed by atoms with Crippen LogP contribution < -0.4 is 5.73 Å². The van der Waals surface area contributed by atoms with E-state index in [2.05, 4.69) is 4.90 Å². The summed E-state index contributed by atoms with van der Waals surface area (Å²) in [6.07, 6.45) is 9.87. The zero-order valence-electron chi connectivity index (χ0n) is 10.4. The maximum atomic E-state index is 6.42. The lowest BCUT2D eigenvalue weighted by Gasteiger charge is -2.46. The summed E-state index contributed by atoms with van der Waals surface area (Å²) in [5.41, 5.74) is 6.42. The van der Waals surface area contributed by atoms with Gasteiger partial charge in [-0.1, -0.05) is 12.8 Å². The highest BCUT2D eigenvalue weighted by Crippen LogP contribution is 2.37. The standard InChI is InChI=1S/C14H26N2/c15-14(12-3-1-2-4-12)9-13-10-16-7-5-11(13)6-8-16/h11-14H,1-10,15H2. The van der Waals surface area contributed by atoms with E-state index in [-0.39, 0.29) is 0 Å². The molecule has 4 fully saturated rings. The second-order valence-corrected chi connectivity index (χ2v) is 6.34. The van der Waals surface area contributed by atoms with Crippen molar-refractivity contribution in [2.45, 2.75) is 51.0 Å². The minimum Gasteiger partial charge on any atom is -0.327 e. The summed E-state index contributed by atoms with van der Waals surface area (Å²) in [5.74, 6) is 2.80. The lowest BCUT2D eigenvalue weighted by atomic mass is 9.74. The molecule has 2 heteroatoms. The van der Waals surface area contributed by atoms with Crippen LogP contribution in [0.4, 0.5) is 0 Å². The van der Waals surface area contributed by atoms with E-state index in [1.165, 1.54) is 64.6 Å². The van der Waals surface area contributed by atoms with Crippen LogP contribution in [0.1, 0.15) is 44.9 Å². The summed E-state index contributed by atoms with van der Waals surface area (Å²) >= 11 is 0. The van der Waals surface area contributed by atoms with Gasteiger partial charge < -0.3 is 10.6 Å². The van der Waals surface area contributed by atoms with Crippen LogP contribution in [-0.4, -0.2) is 30.6 Å². The molecule has 1 aliphatic carbocycles. The van der Waals surface area contributed by atoms with Crippen LogP contribution in [0.3, 0.4) is 0 Å². The van der Waals surface area contributed by atoms with Crippen LogP contribution >= 0.6 is 0 Å². The van der Waals surface area contributed by atoms with Gasteiger partial charge in [0.05, 0.1) is 0 Å². The van der Waals surface area contributed by atoms with Crippen LogP contribution in [0.2, 0.25) is 0 Å². The minimum absolute atomic E-state index is 0.507. The van der Waals surface area contributed by atoms with Crippen molar-refractivity contribution < 1.29 is 0 Å². The Hall–Kier alpha value is -0.0800. The average Bonchev–Trinajstić information content (AvgIpc) is 2.84. The number of hydrogen-bond donors (Lipinski definition) is 1. The molecule has 2 nitrogen and oxygen atoms in total. The molecule has 0 aromatic carbocycles. The molecule has 2 atom stereocenters. The van der Waals surface area contributed by atoms with E-state index >= 15 is 0 Å². The van der Waals surface area contributed by atoms with Crippen LogP contribution in [-0.2, 0) is 0 Å². The molecule has 3 aliphatic heterocycles. The first-order valence-electron chi connectivity index (χ1n) is 7.31. The van der Waals surface area contributed by atoms with E-state index in [1.54, 1.807) is 0 Å². The van der Waals surface area contributed by atoms with Gasteiger partial charge in [-0.2, -0.15) is 0 Å². The van der Waals surface area contributed by atoms with Crippen molar-refractivity contribution in [3.05, 3.63) is 0 Å². The molecule has 0 aromatic heterocycles. The first kappa shape index (κ1) is 11.0. The number of hydrogen-bond acceptors (Lipinski definition) is 2. The molecule has 16 heavy (non-hydrogen) atoms. The van der Waals surface area contributed by atoms with Gasteiger partial charge in [-0.3, -0.25) is 0 Å². The predicted octanol–water partition coefficient (Wildman–Crippen LogP) is 2.24. The SMILES string of the molecule is NC(CC1CN2CCC1CC2)C1CCCC1. The molecule has 3 heterocycles. The summed E-state index contributed by atoms with van der Waals surface area (Å²) in [5, 5.41) is 0. The summed E-state index contributed by atoms with van der Waals surface area (Å²) in [6, 6.07) is 0.507. The van der Waals surface area contributed by atoms with Gasteiger partial charge in [-0.05, 0) is 62.9 Å². The van der Waals surface area contributed by atoms with Gasteiger partial charge in [0.1, 0.15) is 0 Å². The van der Waals surface area contributed by atoms with Crippen molar-refractivity contribution in [3.8, 4) is 0 Å². The summed E-state index contributed by atoms with van der Waals surface area (Å²) in [4.78, 5) is 2.66. The zero-order chi connectivity index (χ0) is 11.0. The van der Waals surface area contributed by atoms with Crippen LogP contribution in [0, 0.1) is 17.8 Å². The molecule has 0 amide bonds. The normalized spacial score (nSPS) is 41.4. The molecule has 1 saturated carbocycles. The third-order valence-corrected chi connectivity index (χ3v) is 5.37. The van der Waals surface area contributed by atoms with Gasteiger partial charge in [0.2, 0.25) is 0 Å². The minimum atomic E-state index is 0.507. The maximum Gasteiger partial charge on any atom is 0.00703 e. The van der Waals surface area contributed by atoms with E-state index in [0.29, 0.717) is 6.04 Å². The van der Waals surface area contributed by atoms with Gasteiger partial charge in [-0.15, -0.1) is 0 Å². The number of fused-ring (bicyclic) bond motifs is 3. The number of nitrogens with two attached hydrogens (primary N) is 1. The van der Waals surface area contributed by atoms with Crippen molar-refractivity contribution in [3.63, 3.8) is 0 Å². The highest BCUT2D eigenvalue weighted by atomic mass is 15.1. The van der Waals surface area contributed by atoms with E-state index in [1.807, 2.05) is 0 Å². The second kappa shape index (κ2) is 4.66. The zero-order valence-corrected chi connectivity index (χ0v) is 10.4. The van der Waals surface area contributed by atoms with Crippen LogP contribution in [0.5, 0.6) is 0 Å². The fourth-order valence-electron chi connectivity index (χ4n) is 4.28. The second-order valence-electron chi connectivity index (χ2n) is 6.34. The van der Waals surface area contributed by atoms with Crippen molar-refractivity contribution in [1.29, 1.82) is 0 Å². The topological polar surface area (TPSA) is 29.3 Å². The quantitative estimate of drug-likeness (QED) is 0.793. The smallest absolute Gasteiger partial charge is 0.00703 e. The van der Waals surface area contributed by atoms with Gasteiger partial charge in [0.15, 0.2) is 0 Å². The summed E-state index contributed by atoms with van der Waals surface area (Å²) < 4.78 is 0. The van der Waals surface area contributed by atoms with Crippen molar-refractivity contribution in [1.82, 2.24) is 4.90 Å². The van der Waals surface area contributed by atoms with Crippen molar-refractivity contribution >= 4 is 0 Å². The molecule has 92 valence electrons. The third-order valence-electron chi connectivity index (χ3n) is 5.37. The highest BCUT2D eigenvalue weighted by Gasteiger charge is 2.36. The molecule has 0 radical (unpaired) electrons. The van der Waals surface area contributed by atoms with Crippen LogP contribution in [0.25, 0.3) is 0 Å². The van der Waals surface area contributed by atoms with Gasteiger partial charge >= 0.3 is 0 Å². The Kier molecular flexibility index (Phi) is 3.21. The Morgan fingerprint density at radius 1 is 1.06 bits per heavy atom. The maximum absolute atomic E-state index is 6.42. The van der Waals surface area contributed by atoms with E-state index in [4.69, 9.17) is 5.73 Å². The molecule has 4 rings (SSSR count). The first-order chi connectivity index (χ1) is 7.83. The average molecular weight is 222 g/mol. The Morgan fingerprint density at radius 3 is 2.31 bits per heavy atom. The Balaban J connectivity index is 1.53. The molecule has 0 aromatic rings. The van der Waals surface area contributed by atoms with Crippen molar-refractivity contribution in [2.75, 3.05) is 19.6 Å². The molecule has 2 unspecified atom stereocenters. The Labute approximate surface area is 99.6 Å². The molecular formula is C14H26N2. The monoisotopic (exact) mass is 222 g/mol. The number of rotatable bonds is 3. The van der Waals surface area contributed by atoms with Gasteiger partial charge in [0, 0.05) is 12.6 Å². The van der Waals surface area contributed by atoms with Crippen molar-refractivity contribution in [2.24, 2.45) is 23.5 Å². The lowest BCUT2D eigenvalue weighted by Crippen LogP contribution is -2.49. The Bertz CT molecular complexity index is 227. The molecule has 3 saturated heterocycles. The Morgan fingerprint density at radius 2 is 1.75 bits per heavy atom. The van der Waals surface area contributed by atoms with E-state index in [9.17, 15) is 0 Å². The number of piperidine rings is 3. The molecule has 4 aliphatic rings. The van der Waals surface area contributed by atoms with Gasteiger partial charge in [0.25, 0.3) is 0 Å². The highest BCUT2D eigenvalue weighted by molar-refractivity contribution is 4.90. The van der Waals surface area contributed by atoms with Crippen LogP contribution in [0.15, 0.2) is 0 Å². The van der Waals surface area contributed by atoms with E-state index in [0.717, 1.165) is 17.8 Å². The largest absolute Gasteiger partial charge is 0.327 e. The summed E-state index contributed by atoms with van der Waals surface area (Å²) in [6.45, 7) is 4.07. The first-order valence-corrected chi connectivity index (χ1v) is 7.31. The fourth-order valence-corrected chi connectivity index (χ4v) is 4.28. The third kappa shape index (κ3) is 2.14. The molecular weight excluding hydrogens is 196 g/mol. The lowest BCUT2D eigenvalue weighted by molar-refractivity contribution is 0.0402. The van der Waals surface area contributed by atoms with E-state index < -0.39 is 0 Å². The number of nitrogens with zero attached hydrogens (tertiary/aromatic N) is 1. The predicted molar refractivity (Wildman–Crippen MR) is 67.2 cm³/mol. The molecule has 0 spiro atoms. The summed E-state index contributed by atoms with van der Waals surface area (Å²) in [7, 11) is 0. The molecule has 2 N–H and O–H groups in total. The fraction of sp³-hybridized carbons (Fsp3) is 1.00.